The van der Waals surface area contributed by atoms with Crippen LogP contribution in [-0.4, -0.2) is 30.4 Å². The molecule has 0 amide bonds. The molecule has 0 spiro atoms. The zero-order chi connectivity index (χ0) is 11.3. The summed E-state index contributed by atoms with van der Waals surface area (Å²) in [6.45, 7) is 11.0. The fraction of sp³-hybridized carbons (Fsp3) is 1.00. The molecule has 0 saturated carbocycles. The van der Waals surface area contributed by atoms with Gasteiger partial charge in [-0.1, -0.05) is 20.8 Å². The van der Waals surface area contributed by atoms with Crippen LogP contribution in [0.15, 0.2) is 0 Å². The number of piperidine rings is 1. The summed E-state index contributed by atoms with van der Waals surface area (Å²) < 4.78 is 0. The van der Waals surface area contributed by atoms with Crippen molar-refractivity contribution in [2.24, 2.45) is 17.8 Å². The monoisotopic (exact) mass is 231 g/mol. The van der Waals surface area contributed by atoms with Crippen molar-refractivity contribution >= 4 is 11.6 Å². The second kappa shape index (κ2) is 6.75. The Morgan fingerprint density at radius 3 is 2.60 bits per heavy atom. The van der Waals surface area contributed by atoms with Crippen LogP contribution in [0.1, 0.15) is 40.0 Å². The Balaban J connectivity index is 2.16. The molecule has 0 aromatic rings. The van der Waals surface area contributed by atoms with Gasteiger partial charge in [0.15, 0.2) is 0 Å². The number of alkyl halides is 1. The first-order chi connectivity index (χ1) is 7.13. The molecule has 1 saturated heterocycles. The maximum atomic E-state index is 5.75. The molecule has 3 unspecified atom stereocenters. The lowest BCUT2D eigenvalue weighted by atomic mass is 9.88. The Bertz CT molecular complexity index is 172. The molecule has 0 aromatic carbocycles. The van der Waals surface area contributed by atoms with Gasteiger partial charge in [-0.2, -0.15) is 0 Å². The van der Waals surface area contributed by atoms with E-state index in [9.17, 15) is 0 Å². The number of likely N-dealkylation sites (tertiary alicyclic amines) is 1. The molecule has 90 valence electrons. The van der Waals surface area contributed by atoms with Gasteiger partial charge < -0.3 is 4.90 Å². The van der Waals surface area contributed by atoms with Crippen molar-refractivity contribution in [2.45, 2.75) is 40.0 Å². The van der Waals surface area contributed by atoms with Crippen molar-refractivity contribution < 1.29 is 0 Å². The van der Waals surface area contributed by atoms with Gasteiger partial charge in [0.05, 0.1) is 0 Å². The van der Waals surface area contributed by atoms with Crippen LogP contribution < -0.4 is 0 Å². The van der Waals surface area contributed by atoms with Gasteiger partial charge in [0.25, 0.3) is 0 Å². The molecular weight excluding hydrogens is 206 g/mol. The van der Waals surface area contributed by atoms with Gasteiger partial charge in [0.2, 0.25) is 0 Å². The third-order valence-corrected chi connectivity index (χ3v) is 4.18. The summed E-state index contributed by atoms with van der Waals surface area (Å²) >= 11 is 5.75. The molecule has 0 radical (unpaired) electrons. The van der Waals surface area contributed by atoms with Crippen LogP contribution >= 0.6 is 11.6 Å². The Hall–Kier alpha value is 0.250. The molecule has 3 atom stereocenters. The van der Waals surface area contributed by atoms with E-state index >= 15 is 0 Å². The van der Waals surface area contributed by atoms with Crippen molar-refractivity contribution in [3.05, 3.63) is 0 Å². The molecule has 0 bridgehead atoms. The van der Waals surface area contributed by atoms with Crippen molar-refractivity contribution in [3.8, 4) is 0 Å². The molecule has 1 fully saturated rings. The highest BCUT2D eigenvalue weighted by Crippen LogP contribution is 2.23. The smallest absolute Gasteiger partial charge is 0.0225 e. The summed E-state index contributed by atoms with van der Waals surface area (Å²) in [5, 5.41) is 0. The number of rotatable bonds is 5. The van der Waals surface area contributed by atoms with Gasteiger partial charge in [-0.25, -0.2) is 0 Å². The minimum Gasteiger partial charge on any atom is -0.303 e. The largest absolute Gasteiger partial charge is 0.303 e. The predicted molar refractivity (Wildman–Crippen MR) is 68.5 cm³/mol. The molecule has 0 N–H and O–H groups in total. The molecule has 0 aromatic heterocycles. The number of halogens is 1. The third-order valence-electron chi connectivity index (χ3n) is 3.96. The van der Waals surface area contributed by atoms with Crippen LogP contribution in [-0.2, 0) is 0 Å². The molecule has 1 aliphatic rings. The lowest BCUT2D eigenvalue weighted by molar-refractivity contribution is 0.132. The lowest BCUT2D eigenvalue weighted by Gasteiger charge is -2.35. The van der Waals surface area contributed by atoms with E-state index in [-0.39, 0.29) is 0 Å². The summed E-state index contributed by atoms with van der Waals surface area (Å²) in [5.41, 5.74) is 0. The van der Waals surface area contributed by atoms with Gasteiger partial charge in [0, 0.05) is 12.4 Å². The first-order valence-electron chi connectivity index (χ1n) is 6.41. The fourth-order valence-corrected chi connectivity index (χ4v) is 2.66. The molecule has 2 heteroatoms. The van der Waals surface area contributed by atoms with Crippen LogP contribution in [0.3, 0.4) is 0 Å². The Morgan fingerprint density at radius 1 is 1.27 bits per heavy atom. The summed E-state index contributed by atoms with van der Waals surface area (Å²) in [6, 6.07) is 0. The summed E-state index contributed by atoms with van der Waals surface area (Å²) in [5.74, 6) is 3.40. The van der Waals surface area contributed by atoms with Gasteiger partial charge >= 0.3 is 0 Å². The standard InChI is InChI=1S/C13H26ClN/c1-11(4-7-14)5-8-15-9-6-12(2)13(3)10-15/h11-13H,4-10H2,1-3H3. The van der Waals surface area contributed by atoms with E-state index in [0.29, 0.717) is 0 Å². The van der Waals surface area contributed by atoms with Gasteiger partial charge in [-0.05, 0) is 50.1 Å². The van der Waals surface area contributed by atoms with Crippen LogP contribution in [0.25, 0.3) is 0 Å². The average Bonchev–Trinajstić information content (AvgIpc) is 2.20. The van der Waals surface area contributed by atoms with Gasteiger partial charge in [0.1, 0.15) is 0 Å². The number of nitrogens with zero attached hydrogens (tertiary/aromatic N) is 1. The maximum absolute atomic E-state index is 5.75. The molecule has 15 heavy (non-hydrogen) atoms. The van der Waals surface area contributed by atoms with Crippen LogP contribution in [0.2, 0.25) is 0 Å². The van der Waals surface area contributed by atoms with E-state index in [1.165, 1.54) is 38.9 Å². The van der Waals surface area contributed by atoms with E-state index in [0.717, 1.165) is 23.6 Å². The fourth-order valence-electron chi connectivity index (χ4n) is 2.29. The second-order valence-corrected chi connectivity index (χ2v) is 5.79. The van der Waals surface area contributed by atoms with Crippen LogP contribution in [0.5, 0.6) is 0 Å². The normalized spacial score (nSPS) is 30.4. The van der Waals surface area contributed by atoms with Crippen molar-refractivity contribution in [1.29, 1.82) is 0 Å². The molecule has 1 aliphatic heterocycles. The van der Waals surface area contributed by atoms with E-state index < -0.39 is 0 Å². The minimum atomic E-state index is 0.789. The first kappa shape index (κ1) is 13.3. The number of hydrogen-bond donors (Lipinski definition) is 0. The summed E-state index contributed by atoms with van der Waals surface area (Å²) in [7, 11) is 0. The SMILES string of the molecule is CC(CCCl)CCN1CCC(C)C(C)C1. The van der Waals surface area contributed by atoms with E-state index in [1.807, 2.05) is 0 Å². The lowest BCUT2D eigenvalue weighted by Crippen LogP contribution is -2.39. The van der Waals surface area contributed by atoms with Crippen molar-refractivity contribution in [2.75, 3.05) is 25.5 Å². The minimum absolute atomic E-state index is 0.789. The zero-order valence-electron chi connectivity index (χ0n) is 10.5. The topological polar surface area (TPSA) is 3.24 Å². The van der Waals surface area contributed by atoms with Crippen LogP contribution in [0, 0.1) is 17.8 Å². The highest BCUT2D eigenvalue weighted by atomic mass is 35.5. The van der Waals surface area contributed by atoms with E-state index in [1.54, 1.807) is 0 Å². The molecule has 1 rings (SSSR count). The average molecular weight is 232 g/mol. The van der Waals surface area contributed by atoms with Gasteiger partial charge in [-0.3, -0.25) is 0 Å². The van der Waals surface area contributed by atoms with Gasteiger partial charge in [-0.15, -0.1) is 11.6 Å². The predicted octanol–water partition coefficient (Wildman–Crippen LogP) is 3.62. The molecular formula is C13H26ClN. The Labute approximate surface area is 100 Å². The zero-order valence-corrected chi connectivity index (χ0v) is 11.3. The van der Waals surface area contributed by atoms with Crippen LogP contribution in [0.4, 0.5) is 0 Å². The Morgan fingerprint density at radius 2 is 2.00 bits per heavy atom. The molecule has 1 heterocycles. The molecule has 0 aliphatic carbocycles. The molecule has 1 nitrogen and oxygen atoms in total. The third kappa shape index (κ3) is 4.74. The van der Waals surface area contributed by atoms with Crippen molar-refractivity contribution in [3.63, 3.8) is 0 Å². The maximum Gasteiger partial charge on any atom is 0.0225 e. The first-order valence-corrected chi connectivity index (χ1v) is 6.95. The highest BCUT2D eigenvalue weighted by Gasteiger charge is 2.22. The van der Waals surface area contributed by atoms with Crippen molar-refractivity contribution in [1.82, 2.24) is 4.90 Å². The quantitative estimate of drug-likeness (QED) is 0.654. The Kier molecular flexibility index (Phi) is 5.99. The van der Waals surface area contributed by atoms with E-state index in [4.69, 9.17) is 11.6 Å². The number of hydrogen-bond acceptors (Lipinski definition) is 1. The second-order valence-electron chi connectivity index (χ2n) is 5.42. The summed E-state index contributed by atoms with van der Waals surface area (Å²) in [6.07, 6.45) is 3.86. The van der Waals surface area contributed by atoms with E-state index in [2.05, 4.69) is 25.7 Å². The summed E-state index contributed by atoms with van der Waals surface area (Å²) in [4.78, 5) is 2.63. The highest BCUT2D eigenvalue weighted by molar-refractivity contribution is 6.17.